The second-order valence-corrected chi connectivity index (χ2v) is 5.58. The van der Waals surface area contributed by atoms with E-state index in [9.17, 15) is 4.79 Å². The highest BCUT2D eigenvalue weighted by molar-refractivity contribution is 7.14. The summed E-state index contributed by atoms with van der Waals surface area (Å²) >= 11 is 1.65. The number of hydrogen-bond acceptors (Lipinski definition) is 5. The van der Waals surface area contributed by atoms with E-state index in [0.717, 1.165) is 42.6 Å². The molecule has 104 valence electrons. The van der Waals surface area contributed by atoms with Crippen molar-refractivity contribution in [2.75, 3.05) is 31.1 Å². The first-order valence-electron chi connectivity index (χ1n) is 6.60. The Hall–Kier alpha value is -1.95. The third-order valence-electron chi connectivity index (χ3n) is 3.46. The first kappa shape index (κ1) is 13.1. The molecule has 1 fully saturated rings. The van der Waals surface area contributed by atoms with Gasteiger partial charge in [-0.2, -0.15) is 0 Å². The SMILES string of the molecule is CC(=O)N1CCN(c2nc(-c3ccncc3)cs2)CC1. The third kappa shape index (κ3) is 2.65. The summed E-state index contributed by atoms with van der Waals surface area (Å²) in [6.45, 7) is 4.88. The van der Waals surface area contributed by atoms with Gasteiger partial charge in [0.1, 0.15) is 0 Å². The van der Waals surface area contributed by atoms with E-state index >= 15 is 0 Å². The molecular formula is C14H16N4OS. The molecule has 3 heterocycles. The second-order valence-electron chi connectivity index (χ2n) is 4.74. The first-order chi connectivity index (χ1) is 9.74. The molecule has 0 radical (unpaired) electrons. The Kier molecular flexibility index (Phi) is 3.64. The first-order valence-corrected chi connectivity index (χ1v) is 7.48. The molecule has 20 heavy (non-hydrogen) atoms. The lowest BCUT2D eigenvalue weighted by Crippen LogP contribution is -2.48. The highest BCUT2D eigenvalue weighted by atomic mass is 32.1. The minimum Gasteiger partial charge on any atom is -0.345 e. The minimum atomic E-state index is 0.154. The number of nitrogens with zero attached hydrogens (tertiary/aromatic N) is 4. The van der Waals surface area contributed by atoms with Crippen molar-refractivity contribution in [1.82, 2.24) is 14.9 Å². The van der Waals surface area contributed by atoms with Crippen LogP contribution in [0.1, 0.15) is 6.92 Å². The maximum atomic E-state index is 11.3. The van der Waals surface area contributed by atoms with Gasteiger partial charge in [0.2, 0.25) is 5.91 Å². The topological polar surface area (TPSA) is 49.3 Å². The van der Waals surface area contributed by atoms with Gasteiger partial charge in [-0.15, -0.1) is 11.3 Å². The summed E-state index contributed by atoms with van der Waals surface area (Å²) in [4.78, 5) is 24.2. The number of amides is 1. The van der Waals surface area contributed by atoms with Crippen LogP contribution in [0.3, 0.4) is 0 Å². The zero-order chi connectivity index (χ0) is 13.9. The minimum absolute atomic E-state index is 0.154. The van der Waals surface area contributed by atoms with Crippen LogP contribution >= 0.6 is 11.3 Å². The molecule has 1 saturated heterocycles. The van der Waals surface area contributed by atoms with Gasteiger partial charge in [0, 0.05) is 56.4 Å². The van der Waals surface area contributed by atoms with E-state index in [2.05, 4.69) is 20.2 Å². The van der Waals surface area contributed by atoms with Gasteiger partial charge in [0.05, 0.1) is 5.69 Å². The molecule has 0 unspecified atom stereocenters. The van der Waals surface area contributed by atoms with Crippen LogP contribution in [-0.4, -0.2) is 47.0 Å². The fourth-order valence-electron chi connectivity index (χ4n) is 2.28. The summed E-state index contributed by atoms with van der Waals surface area (Å²) in [6, 6.07) is 3.93. The van der Waals surface area contributed by atoms with Crippen LogP contribution in [0, 0.1) is 0 Å². The Morgan fingerprint density at radius 2 is 1.90 bits per heavy atom. The summed E-state index contributed by atoms with van der Waals surface area (Å²) < 4.78 is 0. The van der Waals surface area contributed by atoms with Gasteiger partial charge in [-0.05, 0) is 12.1 Å². The predicted molar refractivity (Wildman–Crippen MR) is 79.8 cm³/mol. The lowest BCUT2D eigenvalue weighted by Gasteiger charge is -2.33. The third-order valence-corrected chi connectivity index (χ3v) is 4.37. The summed E-state index contributed by atoms with van der Waals surface area (Å²) in [6.07, 6.45) is 3.56. The monoisotopic (exact) mass is 288 g/mol. The van der Waals surface area contributed by atoms with Gasteiger partial charge in [0.25, 0.3) is 0 Å². The quantitative estimate of drug-likeness (QED) is 0.846. The number of pyridine rings is 1. The second kappa shape index (κ2) is 5.58. The van der Waals surface area contributed by atoms with Gasteiger partial charge >= 0.3 is 0 Å². The zero-order valence-corrected chi connectivity index (χ0v) is 12.1. The molecule has 1 aliphatic heterocycles. The molecule has 1 aliphatic rings. The number of rotatable bonds is 2. The number of piperazine rings is 1. The molecule has 0 bridgehead atoms. The van der Waals surface area contributed by atoms with Crippen LogP contribution in [0.5, 0.6) is 0 Å². The zero-order valence-electron chi connectivity index (χ0n) is 11.3. The molecule has 5 nitrogen and oxygen atoms in total. The fourth-order valence-corrected chi connectivity index (χ4v) is 3.17. The van der Waals surface area contributed by atoms with Crippen LogP contribution in [0.4, 0.5) is 5.13 Å². The van der Waals surface area contributed by atoms with Crippen LogP contribution in [0.2, 0.25) is 0 Å². The summed E-state index contributed by atoms with van der Waals surface area (Å²) in [5.74, 6) is 0.154. The van der Waals surface area contributed by atoms with Gasteiger partial charge in [-0.3, -0.25) is 9.78 Å². The van der Waals surface area contributed by atoms with E-state index in [-0.39, 0.29) is 5.91 Å². The molecule has 0 atom stereocenters. The molecule has 2 aromatic rings. The predicted octanol–water partition coefficient (Wildman–Crippen LogP) is 1.87. The molecule has 6 heteroatoms. The van der Waals surface area contributed by atoms with Crippen molar-refractivity contribution in [3.8, 4) is 11.3 Å². The summed E-state index contributed by atoms with van der Waals surface area (Å²) in [7, 11) is 0. The van der Waals surface area contributed by atoms with Crippen molar-refractivity contribution in [2.45, 2.75) is 6.92 Å². The molecule has 2 aromatic heterocycles. The molecular weight excluding hydrogens is 272 g/mol. The Labute approximate surface area is 121 Å². The standard InChI is InChI=1S/C14H16N4OS/c1-11(19)17-6-8-18(9-7-17)14-16-13(10-20-14)12-2-4-15-5-3-12/h2-5,10H,6-9H2,1H3. The van der Waals surface area contributed by atoms with E-state index in [4.69, 9.17) is 0 Å². The molecule has 0 spiro atoms. The average molecular weight is 288 g/mol. The Morgan fingerprint density at radius 3 is 2.55 bits per heavy atom. The van der Waals surface area contributed by atoms with Crippen LogP contribution in [-0.2, 0) is 4.79 Å². The van der Waals surface area contributed by atoms with Crippen molar-refractivity contribution in [3.63, 3.8) is 0 Å². The molecule has 3 rings (SSSR count). The number of carbonyl (C=O) groups is 1. The van der Waals surface area contributed by atoms with Crippen LogP contribution in [0.15, 0.2) is 29.9 Å². The molecule has 0 aromatic carbocycles. The maximum absolute atomic E-state index is 11.3. The average Bonchev–Trinajstić information content (AvgIpc) is 2.98. The van der Waals surface area contributed by atoms with Gasteiger partial charge < -0.3 is 9.80 Å². The van der Waals surface area contributed by atoms with E-state index < -0.39 is 0 Å². The van der Waals surface area contributed by atoms with Crippen LogP contribution < -0.4 is 4.90 Å². The lowest BCUT2D eigenvalue weighted by molar-refractivity contribution is -0.129. The van der Waals surface area contributed by atoms with E-state index in [1.54, 1.807) is 30.7 Å². The Morgan fingerprint density at radius 1 is 1.20 bits per heavy atom. The number of aromatic nitrogens is 2. The summed E-state index contributed by atoms with van der Waals surface area (Å²) in [5.41, 5.74) is 2.08. The van der Waals surface area contributed by atoms with Crippen molar-refractivity contribution in [2.24, 2.45) is 0 Å². The van der Waals surface area contributed by atoms with Crippen molar-refractivity contribution >= 4 is 22.4 Å². The van der Waals surface area contributed by atoms with Crippen molar-refractivity contribution in [3.05, 3.63) is 29.9 Å². The van der Waals surface area contributed by atoms with E-state index in [1.807, 2.05) is 17.0 Å². The van der Waals surface area contributed by atoms with Crippen molar-refractivity contribution in [1.29, 1.82) is 0 Å². The van der Waals surface area contributed by atoms with Gasteiger partial charge in [-0.1, -0.05) is 0 Å². The fraction of sp³-hybridized carbons (Fsp3) is 0.357. The highest BCUT2D eigenvalue weighted by Crippen LogP contribution is 2.27. The summed E-state index contributed by atoms with van der Waals surface area (Å²) in [5, 5.41) is 3.10. The number of thiazole rings is 1. The van der Waals surface area contributed by atoms with E-state index in [1.165, 1.54) is 0 Å². The maximum Gasteiger partial charge on any atom is 0.219 e. The smallest absolute Gasteiger partial charge is 0.219 e. The molecule has 0 aliphatic carbocycles. The van der Waals surface area contributed by atoms with Crippen LogP contribution in [0.25, 0.3) is 11.3 Å². The van der Waals surface area contributed by atoms with Gasteiger partial charge in [-0.25, -0.2) is 4.98 Å². The molecule has 0 N–H and O–H groups in total. The van der Waals surface area contributed by atoms with Crippen molar-refractivity contribution < 1.29 is 4.79 Å². The lowest BCUT2D eigenvalue weighted by atomic mass is 10.2. The van der Waals surface area contributed by atoms with E-state index in [0.29, 0.717) is 0 Å². The molecule has 1 amide bonds. The normalized spacial score (nSPS) is 15.4. The Balaban J connectivity index is 1.71. The Bertz CT molecular complexity index is 590. The highest BCUT2D eigenvalue weighted by Gasteiger charge is 2.20. The molecule has 0 saturated carbocycles. The number of hydrogen-bond donors (Lipinski definition) is 0. The van der Waals surface area contributed by atoms with Gasteiger partial charge in [0.15, 0.2) is 5.13 Å². The number of carbonyl (C=O) groups excluding carboxylic acids is 1. The largest absolute Gasteiger partial charge is 0.345 e. The number of anilines is 1.